The SMILES string of the molecule is CSc1nc(NC=C(C#N)S(=O)(=O)c2ccccc2Cl)nc(C2CC2)n1. The Morgan fingerprint density at radius 3 is 2.69 bits per heavy atom. The molecular weight excluding hydrogens is 394 g/mol. The third-order valence-electron chi connectivity index (χ3n) is 3.62. The quantitative estimate of drug-likeness (QED) is 0.573. The van der Waals surface area contributed by atoms with Crippen molar-refractivity contribution >= 4 is 39.1 Å². The summed E-state index contributed by atoms with van der Waals surface area (Å²) in [4.78, 5) is 12.2. The maximum Gasteiger partial charge on any atom is 0.231 e. The van der Waals surface area contributed by atoms with Crippen LogP contribution in [0.5, 0.6) is 0 Å². The first-order valence-electron chi connectivity index (χ1n) is 7.62. The maximum atomic E-state index is 12.6. The van der Waals surface area contributed by atoms with Crippen LogP contribution in [0, 0.1) is 11.3 Å². The first-order valence-corrected chi connectivity index (χ1v) is 10.7. The summed E-state index contributed by atoms with van der Waals surface area (Å²) < 4.78 is 25.3. The van der Waals surface area contributed by atoms with Crippen LogP contribution >= 0.6 is 23.4 Å². The second-order valence-electron chi connectivity index (χ2n) is 5.48. The minimum Gasteiger partial charge on any atom is -0.329 e. The molecule has 1 heterocycles. The van der Waals surface area contributed by atoms with Gasteiger partial charge in [0.1, 0.15) is 11.9 Å². The Bertz CT molecular complexity index is 1010. The van der Waals surface area contributed by atoms with Crippen LogP contribution in [0.15, 0.2) is 45.4 Å². The van der Waals surface area contributed by atoms with Crippen molar-refractivity contribution in [2.75, 3.05) is 11.6 Å². The van der Waals surface area contributed by atoms with E-state index >= 15 is 0 Å². The van der Waals surface area contributed by atoms with Crippen LogP contribution in [0.1, 0.15) is 24.6 Å². The van der Waals surface area contributed by atoms with E-state index in [4.69, 9.17) is 11.6 Å². The highest BCUT2D eigenvalue weighted by Gasteiger charge is 2.28. The van der Waals surface area contributed by atoms with Crippen LogP contribution in [-0.4, -0.2) is 29.6 Å². The zero-order chi connectivity index (χ0) is 18.7. The number of rotatable bonds is 6. The Kier molecular flexibility index (Phi) is 5.46. The fraction of sp³-hybridized carbons (Fsp3) is 0.250. The molecule has 1 saturated carbocycles. The molecule has 26 heavy (non-hydrogen) atoms. The van der Waals surface area contributed by atoms with E-state index in [9.17, 15) is 13.7 Å². The number of sulfone groups is 1. The molecule has 0 spiro atoms. The first kappa shape index (κ1) is 18.6. The Labute approximate surface area is 160 Å². The second kappa shape index (κ2) is 7.61. The fourth-order valence-corrected chi connectivity index (χ4v) is 4.09. The predicted octanol–water partition coefficient (Wildman–Crippen LogP) is 3.38. The number of aromatic nitrogens is 3. The number of thioether (sulfide) groups is 1. The molecule has 0 bridgehead atoms. The lowest BCUT2D eigenvalue weighted by molar-refractivity contribution is 0.603. The first-order chi connectivity index (χ1) is 12.5. The number of nitrogens with zero attached hydrogens (tertiary/aromatic N) is 4. The van der Waals surface area contributed by atoms with Crippen LogP contribution in [0.2, 0.25) is 5.02 Å². The molecule has 1 aliphatic carbocycles. The van der Waals surface area contributed by atoms with Gasteiger partial charge >= 0.3 is 0 Å². The van der Waals surface area contributed by atoms with Gasteiger partial charge in [-0.3, -0.25) is 0 Å². The average molecular weight is 408 g/mol. The van der Waals surface area contributed by atoms with Crippen LogP contribution in [0.25, 0.3) is 0 Å². The normalized spacial score (nSPS) is 14.7. The van der Waals surface area contributed by atoms with E-state index in [-0.39, 0.29) is 15.9 Å². The number of hydrogen-bond donors (Lipinski definition) is 1. The molecular formula is C16H14ClN5O2S2. The third kappa shape index (κ3) is 3.98. The number of hydrogen-bond acceptors (Lipinski definition) is 8. The number of halogens is 1. The molecule has 1 aromatic heterocycles. The van der Waals surface area contributed by atoms with Gasteiger partial charge < -0.3 is 5.32 Å². The van der Waals surface area contributed by atoms with E-state index in [2.05, 4.69) is 20.3 Å². The molecule has 0 saturated heterocycles. The molecule has 1 fully saturated rings. The lowest BCUT2D eigenvalue weighted by atomic mass is 10.4. The Hall–Kier alpha value is -2.15. The van der Waals surface area contributed by atoms with Gasteiger partial charge in [-0.1, -0.05) is 35.5 Å². The summed E-state index contributed by atoms with van der Waals surface area (Å²) in [6.07, 6.45) is 4.97. The number of nitriles is 1. The number of nitrogens with one attached hydrogen (secondary N) is 1. The summed E-state index contributed by atoms with van der Waals surface area (Å²) >= 11 is 7.32. The van der Waals surface area contributed by atoms with Gasteiger partial charge in [0, 0.05) is 12.1 Å². The fourth-order valence-electron chi connectivity index (χ4n) is 2.13. The zero-order valence-electron chi connectivity index (χ0n) is 13.7. The van der Waals surface area contributed by atoms with Crippen molar-refractivity contribution in [3.05, 3.63) is 46.2 Å². The molecule has 2 aromatic rings. The van der Waals surface area contributed by atoms with Crippen LogP contribution in [-0.2, 0) is 9.84 Å². The predicted molar refractivity (Wildman–Crippen MR) is 99.5 cm³/mol. The number of allylic oxidation sites excluding steroid dienone is 1. The van der Waals surface area contributed by atoms with Gasteiger partial charge in [0.05, 0.1) is 9.92 Å². The van der Waals surface area contributed by atoms with E-state index < -0.39 is 14.7 Å². The van der Waals surface area contributed by atoms with Gasteiger partial charge in [-0.15, -0.1) is 0 Å². The molecule has 1 aromatic carbocycles. The van der Waals surface area contributed by atoms with Gasteiger partial charge in [0.2, 0.25) is 15.8 Å². The molecule has 0 aliphatic heterocycles. The van der Waals surface area contributed by atoms with E-state index in [0.717, 1.165) is 19.0 Å². The number of anilines is 1. The van der Waals surface area contributed by atoms with Gasteiger partial charge in [-0.2, -0.15) is 15.2 Å². The van der Waals surface area contributed by atoms with Crippen molar-refractivity contribution in [1.82, 2.24) is 15.0 Å². The smallest absolute Gasteiger partial charge is 0.231 e. The summed E-state index contributed by atoms with van der Waals surface area (Å²) in [7, 11) is -4.05. The molecule has 0 unspecified atom stereocenters. The Balaban J connectivity index is 1.92. The summed E-state index contributed by atoms with van der Waals surface area (Å²) in [5, 5.41) is 12.6. The largest absolute Gasteiger partial charge is 0.329 e. The molecule has 0 radical (unpaired) electrons. The lowest BCUT2D eigenvalue weighted by Crippen LogP contribution is -2.08. The van der Waals surface area contributed by atoms with Crippen molar-refractivity contribution < 1.29 is 8.42 Å². The van der Waals surface area contributed by atoms with E-state index in [1.807, 2.05) is 6.26 Å². The van der Waals surface area contributed by atoms with Crippen molar-refractivity contribution in [1.29, 1.82) is 5.26 Å². The minimum absolute atomic E-state index is 0.0505. The molecule has 134 valence electrons. The second-order valence-corrected chi connectivity index (χ2v) is 8.54. The van der Waals surface area contributed by atoms with Gasteiger partial charge in [0.25, 0.3) is 0 Å². The van der Waals surface area contributed by atoms with Crippen LogP contribution in [0.4, 0.5) is 5.95 Å². The Morgan fingerprint density at radius 1 is 1.35 bits per heavy atom. The summed E-state index contributed by atoms with van der Waals surface area (Å²) in [6, 6.07) is 7.65. The average Bonchev–Trinajstić information content (AvgIpc) is 3.47. The summed E-state index contributed by atoms with van der Waals surface area (Å²) in [5.41, 5.74) is 0. The van der Waals surface area contributed by atoms with Gasteiger partial charge in [-0.05, 0) is 31.2 Å². The summed E-state index contributed by atoms with van der Waals surface area (Å²) in [6.45, 7) is 0. The molecule has 1 N–H and O–H groups in total. The molecule has 10 heteroatoms. The highest BCUT2D eigenvalue weighted by Crippen LogP contribution is 2.38. The molecule has 0 atom stereocenters. The van der Waals surface area contributed by atoms with E-state index in [1.54, 1.807) is 18.2 Å². The standard InChI is InChI=1S/C16H14ClN5O2S2/c1-25-16-21-14(10-6-7-10)20-15(22-16)19-9-11(8-18)26(23,24)13-5-3-2-4-12(13)17/h2-5,9-10H,6-7H2,1H3,(H,19,20,21,22). The highest BCUT2D eigenvalue weighted by molar-refractivity contribution is 7.98. The molecule has 0 amide bonds. The van der Waals surface area contributed by atoms with Gasteiger partial charge in [0.15, 0.2) is 10.1 Å². The molecule has 7 nitrogen and oxygen atoms in total. The molecule has 1 aliphatic rings. The highest BCUT2D eigenvalue weighted by atomic mass is 35.5. The van der Waals surface area contributed by atoms with Crippen LogP contribution < -0.4 is 5.32 Å². The summed E-state index contributed by atoms with van der Waals surface area (Å²) in [5.74, 6) is 1.19. The van der Waals surface area contributed by atoms with Crippen molar-refractivity contribution in [2.24, 2.45) is 0 Å². The topological polar surface area (TPSA) is 109 Å². The van der Waals surface area contributed by atoms with Crippen molar-refractivity contribution in [3.63, 3.8) is 0 Å². The van der Waals surface area contributed by atoms with Crippen molar-refractivity contribution in [2.45, 2.75) is 28.8 Å². The maximum absolute atomic E-state index is 12.6. The minimum atomic E-state index is -4.05. The monoisotopic (exact) mass is 407 g/mol. The lowest BCUT2D eigenvalue weighted by Gasteiger charge is -2.07. The third-order valence-corrected chi connectivity index (χ3v) is 6.33. The van der Waals surface area contributed by atoms with Crippen molar-refractivity contribution in [3.8, 4) is 6.07 Å². The zero-order valence-corrected chi connectivity index (χ0v) is 16.1. The molecule has 3 rings (SSSR count). The van der Waals surface area contributed by atoms with Gasteiger partial charge in [-0.25, -0.2) is 13.4 Å². The van der Waals surface area contributed by atoms with E-state index in [1.165, 1.54) is 23.9 Å². The van der Waals surface area contributed by atoms with E-state index in [0.29, 0.717) is 16.9 Å². The Morgan fingerprint density at radius 2 is 2.08 bits per heavy atom. The number of benzene rings is 1. The van der Waals surface area contributed by atoms with Crippen LogP contribution in [0.3, 0.4) is 0 Å².